The van der Waals surface area contributed by atoms with Gasteiger partial charge in [0.2, 0.25) is 0 Å². The summed E-state index contributed by atoms with van der Waals surface area (Å²) in [5, 5.41) is 7.27. The number of para-hydroxylation sites is 1. The minimum Gasteiger partial charge on any atom is -0.455 e. The topological polar surface area (TPSA) is 13.1 Å². The molecule has 0 atom stereocenters. The molecule has 0 amide bonds. The lowest BCUT2D eigenvalue weighted by molar-refractivity contribution is 0.670. The molecule has 1 heterocycles. The summed E-state index contributed by atoms with van der Waals surface area (Å²) in [6.07, 6.45) is 0. The fourth-order valence-corrected chi connectivity index (χ4v) is 7.89. The Morgan fingerprint density at radius 2 is 0.745 bits per heavy atom. The third-order valence-corrected chi connectivity index (χ3v) is 10.2. The molecule has 0 radical (unpaired) electrons. The molecule has 0 aliphatic carbocycles. The van der Waals surface area contributed by atoms with Crippen molar-refractivity contribution < 1.29 is 4.42 Å². The van der Waals surface area contributed by atoms with E-state index in [4.69, 9.17) is 4.42 Å². The molecule has 0 saturated heterocycles. The van der Waals surface area contributed by atoms with Crippen molar-refractivity contribution in [3.8, 4) is 55.6 Å². The van der Waals surface area contributed by atoms with Gasteiger partial charge >= 0.3 is 0 Å². The van der Waals surface area contributed by atoms with Crippen LogP contribution in [0.15, 0.2) is 199 Å². The van der Waals surface area contributed by atoms with Crippen LogP contribution in [0.4, 0.5) is 0 Å². The van der Waals surface area contributed by atoms with E-state index in [1.807, 2.05) is 6.07 Å². The highest BCUT2D eigenvalue weighted by Gasteiger charge is 2.19. The van der Waals surface area contributed by atoms with Crippen molar-refractivity contribution in [1.82, 2.24) is 0 Å². The van der Waals surface area contributed by atoms with Crippen molar-refractivity contribution in [3.05, 3.63) is 194 Å². The van der Waals surface area contributed by atoms with E-state index in [1.54, 1.807) is 0 Å². The standard InChI is InChI=1S/C50H32O/c1-4-15-33(16-5-1)39-31-44(50-46(32-39)40-23-12-13-26-47(40)51-50)38-22-14-21-36(29-38)37-27-28-43-45(30-37)49(35-19-8-3-9-20-35)42-25-11-10-24-41(42)48(43)34-17-6-2-7-18-34/h1-32H. The lowest BCUT2D eigenvalue weighted by atomic mass is 9.84. The largest absolute Gasteiger partial charge is 0.455 e. The highest BCUT2D eigenvalue weighted by molar-refractivity contribution is 6.22. The molecule has 1 heteroatoms. The number of fused-ring (bicyclic) bond motifs is 5. The van der Waals surface area contributed by atoms with Crippen LogP contribution in [0.1, 0.15) is 0 Å². The summed E-state index contributed by atoms with van der Waals surface area (Å²) in [6, 6.07) is 69.9. The van der Waals surface area contributed by atoms with Crippen LogP contribution in [0.2, 0.25) is 0 Å². The maximum atomic E-state index is 6.59. The Kier molecular flexibility index (Phi) is 6.89. The zero-order chi connectivity index (χ0) is 33.7. The lowest BCUT2D eigenvalue weighted by Crippen LogP contribution is -1.91. The summed E-state index contributed by atoms with van der Waals surface area (Å²) in [5.74, 6) is 0. The number of hydrogen-bond donors (Lipinski definition) is 0. The highest BCUT2D eigenvalue weighted by atomic mass is 16.3. The average Bonchev–Trinajstić information content (AvgIpc) is 3.59. The first-order valence-electron chi connectivity index (χ1n) is 17.5. The third kappa shape index (κ3) is 4.94. The van der Waals surface area contributed by atoms with Crippen LogP contribution in [-0.2, 0) is 0 Å². The van der Waals surface area contributed by atoms with Gasteiger partial charge in [0.15, 0.2) is 0 Å². The molecule has 1 aromatic heterocycles. The molecular formula is C50H32O. The van der Waals surface area contributed by atoms with E-state index in [1.165, 1.54) is 60.5 Å². The van der Waals surface area contributed by atoms with E-state index in [-0.39, 0.29) is 0 Å². The van der Waals surface area contributed by atoms with E-state index in [0.29, 0.717) is 0 Å². The van der Waals surface area contributed by atoms with Gasteiger partial charge in [0.05, 0.1) is 0 Å². The first kappa shape index (κ1) is 29.2. The molecule has 51 heavy (non-hydrogen) atoms. The second-order valence-electron chi connectivity index (χ2n) is 13.2. The summed E-state index contributed by atoms with van der Waals surface area (Å²) in [5.41, 5.74) is 13.7. The van der Waals surface area contributed by atoms with Crippen molar-refractivity contribution in [2.45, 2.75) is 0 Å². The van der Waals surface area contributed by atoms with Gasteiger partial charge in [0.25, 0.3) is 0 Å². The first-order valence-corrected chi connectivity index (χ1v) is 17.5. The molecule has 0 fully saturated rings. The highest BCUT2D eigenvalue weighted by Crippen LogP contribution is 2.45. The van der Waals surface area contributed by atoms with Gasteiger partial charge in [0.1, 0.15) is 11.2 Å². The summed E-state index contributed by atoms with van der Waals surface area (Å²) < 4.78 is 6.59. The molecule has 10 rings (SSSR count). The molecule has 1 nitrogen and oxygen atoms in total. The van der Waals surface area contributed by atoms with E-state index >= 15 is 0 Å². The van der Waals surface area contributed by atoms with E-state index < -0.39 is 0 Å². The predicted octanol–water partition coefficient (Wildman–Crippen LogP) is 14.2. The molecule has 0 spiro atoms. The van der Waals surface area contributed by atoms with Crippen molar-refractivity contribution in [2.24, 2.45) is 0 Å². The number of hydrogen-bond acceptors (Lipinski definition) is 1. The van der Waals surface area contributed by atoms with Crippen LogP contribution in [0, 0.1) is 0 Å². The normalized spacial score (nSPS) is 11.5. The first-order chi connectivity index (χ1) is 25.3. The zero-order valence-corrected chi connectivity index (χ0v) is 27.9. The predicted molar refractivity (Wildman–Crippen MR) is 216 cm³/mol. The maximum absolute atomic E-state index is 6.59. The Bertz CT molecular complexity index is 2880. The van der Waals surface area contributed by atoms with Gasteiger partial charge in [-0.1, -0.05) is 164 Å². The molecule has 238 valence electrons. The Morgan fingerprint density at radius 3 is 1.43 bits per heavy atom. The summed E-state index contributed by atoms with van der Waals surface area (Å²) in [4.78, 5) is 0. The molecule has 0 aliphatic heterocycles. The second kappa shape index (κ2) is 12.0. The fourth-order valence-electron chi connectivity index (χ4n) is 7.89. The van der Waals surface area contributed by atoms with Gasteiger partial charge in [-0.2, -0.15) is 0 Å². The lowest BCUT2D eigenvalue weighted by Gasteiger charge is -2.19. The van der Waals surface area contributed by atoms with Gasteiger partial charge in [0, 0.05) is 16.3 Å². The summed E-state index contributed by atoms with van der Waals surface area (Å²) >= 11 is 0. The average molecular weight is 649 g/mol. The fraction of sp³-hybridized carbons (Fsp3) is 0. The molecule has 0 unspecified atom stereocenters. The molecule has 0 saturated carbocycles. The van der Waals surface area contributed by atoms with Crippen molar-refractivity contribution >= 4 is 43.5 Å². The number of rotatable bonds is 5. The van der Waals surface area contributed by atoms with Crippen LogP contribution in [0.3, 0.4) is 0 Å². The van der Waals surface area contributed by atoms with E-state index in [9.17, 15) is 0 Å². The van der Waals surface area contributed by atoms with Gasteiger partial charge in [-0.15, -0.1) is 0 Å². The van der Waals surface area contributed by atoms with Crippen molar-refractivity contribution in [1.29, 1.82) is 0 Å². The van der Waals surface area contributed by atoms with E-state index in [2.05, 4.69) is 188 Å². The monoisotopic (exact) mass is 648 g/mol. The van der Waals surface area contributed by atoms with E-state index in [0.717, 1.165) is 38.6 Å². The summed E-state index contributed by atoms with van der Waals surface area (Å²) in [6.45, 7) is 0. The second-order valence-corrected chi connectivity index (χ2v) is 13.2. The number of furan rings is 1. The van der Waals surface area contributed by atoms with Crippen LogP contribution < -0.4 is 0 Å². The Balaban J connectivity index is 1.22. The van der Waals surface area contributed by atoms with Crippen LogP contribution in [-0.4, -0.2) is 0 Å². The Labute approximate surface area is 296 Å². The van der Waals surface area contributed by atoms with Gasteiger partial charge in [-0.05, 0) is 102 Å². The third-order valence-electron chi connectivity index (χ3n) is 10.2. The van der Waals surface area contributed by atoms with Gasteiger partial charge in [-0.25, -0.2) is 0 Å². The van der Waals surface area contributed by atoms with Gasteiger partial charge < -0.3 is 4.42 Å². The number of benzene rings is 9. The van der Waals surface area contributed by atoms with Crippen LogP contribution >= 0.6 is 0 Å². The van der Waals surface area contributed by atoms with Crippen molar-refractivity contribution in [3.63, 3.8) is 0 Å². The molecule has 0 aliphatic rings. The van der Waals surface area contributed by atoms with Crippen LogP contribution in [0.25, 0.3) is 99.1 Å². The minimum absolute atomic E-state index is 0.902. The summed E-state index contributed by atoms with van der Waals surface area (Å²) in [7, 11) is 0. The van der Waals surface area contributed by atoms with Crippen molar-refractivity contribution in [2.75, 3.05) is 0 Å². The zero-order valence-electron chi connectivity index (χ0n) is 27.9. The van der Waals surface area contributed by atoms with Gasteiger partial charge in [-0.3, -0.25) is 0 Å². The molecule has 10 aromatic rings. The molecule has 9 aromatic carbocycles. The Morgan fingerprint density at radius 1 is 0.255 bits per heavy atom. The molecule has 0 N–H and O–H groups in total. The SMILES string of the molecule is c1ccc(-c2cc(-c3cccc(-c4ccc5c(-c6ccccc6)c6ccccc6c(-c6ccccc6)c5c4)c3)c3oc4ccccc4c3c2)cc1. The Hall–Kier alpha value is -6.70. The molecular weight excluding hydrogens is 617 g/mol. The minimum atomic E-state index is 0.902. The quantitative estimate of drug-likeness (QED) is 0.169. The van der Waals surface area contributed by atoms with Crippen LogP contribution in [0.5, 0.6) is 0 Å². The maximum Gasteiger partial charge on any atom is 0.143 e. The molecule has 0 bridgehead atoms. The smallest absolute Gasteiger partial charge is 0.143 e.